The van der Waals surface area contributed by atoms with Gasteiger partial charge < -0.3 is 33.7 Å². The number of halogens is 3. The summed E-state index contributed by atoms with van der Waals surface area (Å²) in [6.45, 7) is 2.92. The number of methoxy groups -OCH3 is 1. The van der Waals surface area contributed by atoms with Gasteiger partial charge in [0.1, 0.15) is 18.8 Å². The van der Waals surface area contributed by atoms with E-state index in [1.807, 2.05) is 0 Å². The van der Waals surface area contributed by atoms with E-state index in [9.17, 15) is 41.9 Å². The Kier molecular flexibility index (Phi) is 10.7. The number of ether oxygens (including phenoxy) is 6. The molecule has 0 aromatic carbocycles. The van der Waals surface area contributed by atoms with Crippen molar-refractivity contribution in [1.82, 2.24) is 5.32 Å². The highest BCUT2D eigenvalue weighted by molar-refractivity contribution is 5.87. The van der Waals surface area contributed by atoms with Crippen LogP contribution in [-0.4, -0.2) is 86.1 Å². The SMILES string of the molecule is COC(=O)C1=C[C@H](OC(C)=O)[C@@H](NC(=O)C(F)(F)F)[C@H]([C@H](OC(C)=O)[C@@H](COC(C)=O)OC(C)=O)O1. The molecule has 1 heterocycles. The van der Waals surface area contributed by atoms with E-state index < -0.39 is 84.8 Å². The van der Waals surface area contributed by atoms with Gasteiger partial charge in [-0.3, -0.25) is 24.0 Å². The third-order valence-electron chi connectivity index (χ3n) is 4.29. The van der Waals surface area contributed by atoms with Crippen molar-refractivity contribution in [3.63, 3.8) is 0 Å². The van der Waals surface area contributed by atoms with Gasteiger partial charge in [0.15, 0.2) is 18.3 Å². The molecule has 16 heteroatoms. The summed E-state index contributed by atoms with van der Waals surface area (Å²) in [5, 5.41) is 1.57. The number of carbonyl (C=O) groups excluding carboxylic acids is 6. The Labute approximate surface area is 202 Å². The first-order chi connectivity index (χ1) is 16.6. The molecule has 0 saturated heterocycles. The first-order valence-corrected chi connectivity index (χ1v) is 10.1. The van der Waals surface area contributed by atoms with Gasteiger partial charge in [-0.05, 0) is 0 Å². The van der Waals surface area contributed by atoms with Gasteiger partial charge >= 0.3 is 41.9 Å². The number of hydrogen-bond acceptors (Lipinski definition) is 12. The Morgan fingerprint density at radius 2 is 1.56 bits per heavy atom. The van der Waals surface area contributed by atoms with Gasteiger partial charge in [-0.15, -0.1) is 0 Å². The molecule has 1 rings (SSSR count). The summed E-state index contributed by atoms with van der Waals surface area (Å²) in [6.07, 6.45) is -12.0. The summed E-state index contributed by atoms with van der Waals surface area (Å²) in [7, 11) is 0.936. The highest BCUT2D eigenvalue weighted by Gasteiger charge is 2.51. The van der Waals surface area contributed by atoms with E-state index in [1.165, 1.54) is 0 Å². The number of alkyl halides is 3. The normalized spacial score (nSPS) is 20.9. The molecule has 1 aliphatic rings. The maximum atomic E-state index is 13.1. The van der Waals surface area contributed by atoms with Crippen LogP contribution in [-0.2, 0) is 57.2 Å². The molecule has 202 valence electrons. The summed E-state index contributed by atoms with van der Waals surface area (Å²) in [6, 6.07) is -1.96. The largest absolute Gasteiger partial charge is 0.477 e. The van der Waals surface area contributed by atoms with Gasteiger partial charge in [0.05, 0.1) is 7.11 Å². The lowest BCUT2D eigenvalue weighted by atomic mass is 9.93. The Hall–Kier alpha value is -3.85. The predicted octanol–water partition coefficient (Wildman–Crippen LogP) is -0.153. The molecule has 5 atom stereocenters. The lowest BCUT2D eigenvalue weighted by molar-refractivity contribution is -0.195. The summed E-state index contributed by atoms with van der Waals surface area (Å²) in [5.41, 5.74) is 0. The van der Waals surface area contributed by atoms with Crippen molar-refractivity contribution in [1.29, 1.82) is 0 Å². The third kappa shape index (κ3) is 9.07. The molecule has 0 aliphatic carbocycles. The molecule has 0 saturated carbocycles. The predicted molar refractivity (Wildman–Crippen MR) is 106 cm³/mol. The fourth-order valence-electron chi connectivity index (χ4n) is 3.04. The second-order valence-electron chi connectivity index (χ2n) is 7.20. The van der Waals surface area contributed by atoms with Gasteiger partial charge in [-0.2, -0.15) is 13.2 Å². The van der Waals surface area contributed by atoms with Crippen LogP contribution in [0.15, 0.2) is 11.8 Å². The molecular formula is C20H24F3NO12. The van der Waals surface area contributed by atoms with E-state index >= 15 is 0 Å². The van der Waals surface area contributed by atoms with Gasteiger partial charge in [0.25, 0.3) is 0 Å². The molecule has 0 spiro atoms. The van der Waals surface area contributed by atoms with Crippen molar-refractivity contribution in [2.75, 3.05) is 13.7 Å². The van der Waals surface area contributed by atoms with Crippen LogP contribution in [0, 0.1) is 0 Å². The summed E-state index contributed by atoms with van der Waals surface area (Å²) in [5.74, 6) is -8.33. The highest BCUT2D eigenvalue weighted by Crippen LogP contribution is 2.29. The van der Waals surface area contributed by atoms with E-state index in [1.54, 1.807) is 5.32 Å². The number of hydrogen-bond donors (Lipinski definition) is 1. The van der Waals surface area contributed by atoms with Crippen molar-refractivity contribution in [3.8, 4) is 0 Å². The van der Waals surface area contributed by atoms with E-state index in [4.69, 9.17) is 23.7 Å². The van der Waals surface area contributed by atoms with Crippen molar-refractivity contribution in [2.24, 2.45) is 0 Å². The van der Waals surface area contributed by atoms with Crippen LogP contribution in [0.4, 0.5) is 13.2 Å². The highest BCUT2D eigenvalue weighted by atomic mass is 19.4. The number of nitrogens with one attached hydrogen (secondary N) is 1. The zero-order valence-corrected chi connectivity index (χ0v) is 19.7. The average Bonchev–Trinajstić information content (AvgIpc) is 2.73. The lowest BCUT2D eigenvalue weighted by Gasteiger charge is -2.41. The molecule has 0 bridgehead atoms. The number of rotatable bonds is 9. The molecule has 0 radical (unpaired) electrons. The van der Waals surface area contributed by atoms with Crippen molar-refractivity contribution >= 4 is 35.8 Å². The topological polar surface area (TPSA) is 170 Å². The average molecular weight is 527 g/mol. The standard InChI is InChI=1S/C20H24F3NO12/c1-8(25)32-7-14(34-10(3)27)16(35-11(4)28)17-15(24-19(30)20(21,22)23)12(33-9(2)26)6-13(36-17)18(29)31-5/h6,12,14-17H,7H2,1-5H3,(H,24,30)/t12-,14+,15+,16+,17+/m0/s1. The molecular weight excluding hydrogens is 503 g/mol. The second kappa shape index (κ2) is 12.7. The molecule has 13 nitrogen and oxygen atoms in total. The Balaban J connectivity index is 3.70. The molecule has 0 fully saturated rings. The van der Waals surface area contributed by atoms with Crippen molar-refractivity contribution < 1.29 is 70.4 Å². The molecule has 1 amide bonds. The maximum absolute atomic E-state index is 13.1. The minimum atomic E-state index is -5.42. The summed E-state index contributed by atoms with van der Waals surface area (Å²) in [4.78, 5) is 70.4. The maximum Gasteiger partial charge on any atom is 0.471 e. The number of esters is 5. The van der Waals surface area contributed by atoms with E-state index in [0.29, 0.717) is 0 Å². The summed E-state index contributed by atoms with van der Waals surface area (Å²) >= 11 is 0. The van der Waals surface area contributed by atoms with Crippen LogP contribution in [0.1, 0.15) is 27.7 Å². The van der Waals surface area contributed by atoms with E-state index in [0.717, 1.165) is 40.9 Å². The van der Waals surface area contributed by atoms with Crippen LogP contribution in [0.5, 0.6) is 0 Å². The summed E-state index contributed by atoms with van der Waals surface area (Å²) < 4.78 is 69.0. The second-order valence-corrected chi connectivity index (χ2v) is 7.20. The van der Waals surface area contributed by atoms with Crippen LogP contribution in [0.25, 0.3) is 0 Å². The molecule has 1 N–H and O–H groups in total. The zero-order valence-electron chi connectivity index (χ0n) is 19.7. The van der Waals surface area contributed by atoms with E-state index in [-0.39, 0.29) is 0 Å². The fraction of sp³-hybridized carbons (Fsp3) is 0.600. The van der Waals surface area contributed by atoms with Crippen LogP contribution < -0.4 is 5.32 Å². The van der Waals surface area contributed by atoms with Gasteiger partial charge in [0, 0.05) is 33.8 Å². The molecule has 0 unspecified atom stereocenters. The van der Waals surface area contributed by atoms with Crippen LogP contribution in [0.3, 0.4) is 0 Å². The monoisotopic (exact) mass is 527 g/mol. The molecule has 0 aromatic rings. The number of carbonyl (C=O) groups is 6. The minimum absolute atomic E-state index is 0.697. The first kappa shape index (κ1) is 30.2. The Bertz CT molecular complexity index is 916. The number of amides is 1. The van der Waals surface area contributed by atoms with E-state index in [2.05, 4.69) is 4.74 Å². The zero-order chi connectivity index (χ0) is 27.8. The third-order valence-corrected chi connectivity index (χ3v) is 4.29. The Morgan fingerprint density at radius 3 is 2.00 bits per heavy atom. The van der Waals surface area contributed by atoms with Crippen molar-refractivity contribution in [2.45, 2.75) is 64.3 Å². The molecule has 0 aromatic heterocycles. The van der Waals surface area contributed by atoms with Crippen LogP contribution >= 0.6 is 0 Å². The molecule has 36 heavy (non-hydrogen) atoms. The van der Waals surface area contributed by atoms with Gasteiger partial charge in [-0.25, -0.2) is 4.79 Å². The smallest absolute Gasteiger partial charge is 0.471 e. The minimum Gasteiger partial charge on any atom is -0.477 e. The van der Waals surface area contributed by atoms with Crippen LogP contribution in [0.2, 0.25) is 0 Å². The van der Waals surface area contributed by atoms with Crippen molar-refractivity contribution in [3.05, 3.63) is 11.8 Å². The lowest BCUT2D eigenvalue weighted by Crippen LogP contribution is -2.63. The van der Waals surface area contributed by atoms with Gasteiger partial charge in [-0.1, -0.05) is 0 Å². The van der Waals surface area contributed by atoms with Gasteiger partial charge in [0.2, 0.25) is 5.76 Å². The Morgan fingerprint density at radius 1 is 0.972 bits per heavy atom. The first-order valence-electron chi connectivity index (χ1n) is 10.1. The fourth-order valence-corrected chi connectivity index (χ4v) is 3.04. The quantitative estimate of drug-likeness (QED) is 0.311. The molecule has 1 aliphatic heterocycles.